The van der Waals surface area contributed by atoms with Crippen molar-refractivity contribution in [1.82, 2.24) is 30.2 Å². The first-order valence-electron chi connectivity index (χ1n) is 10.4. The molecule has 4 heterocycles. The Bertz CT molecular complexity index is 1090. The fourth-order valence-electron chi connectivity index (χ4n) is 5.05. The molecule has 2 aliphatic heterocycles. The molecule has 1 aliphatic carbocycles. The Hall–Kier alpha value is -3.23. The highest BCUT2D eigenvalue weighted by molar-refractivity contribution is 5.96. The molecule has 2 amide bonds. The molecule has 1 spiro atoms. The third-order valence-electron chi connectivity index (χ3n) is 6.67. The summed E-state index contributed by atoms with van der Waals surface area (Å²) >= 11 is 0. The standard InChI is InChI=1S/C21H25N7O2/c1-3-22-19(29)18-26-15-16(27(18)2)23-12-24-17(15)28-10-8-21(9-11-28)13-6-4-5-7-14(13)25-20(21)30/h4-5,7,12-13H,3,6,8-11H2,1-2H3,(H,22,29)(H,25,30). The van der Waals surface area contributed by atoms with Gasteiger partial charge in [0.25, 0.3) is 5.91 Å². The van der Waals surface area contributed by atoms with Crippen LogP contribution in [-0.4, -0.2) is 51.0 Å². The van der Waals surface area contributed by atoms with Gasteiger partial charge in [-0.1, -0.05) is 12.2 Å². The average molecular weight is 407 g/mol. The Kier molecular flexibility index (Phi) is 4.34. The number of carbonyl (C=O) groups excluding carboxylic acids is 2. The van der Waals surface area contributed by atoms with E-state index in [0.717, 1.165) is 30.8 Å². The molecule has 0 radical (unpaired) electrons. The molecule has 2 saturated heterocycles. The second-order valence-corrected chi connectivity index (χ2v) is 8.16. The molecule has 0 bridgehead atoms. The Morgan fingerprint density at radius 3 is 2.90 bits per heavy atom. The zero-order valence-corrected chi connectivity index (χ0v) is 17.2. The van der Waals surface area contributed by atoms with E-state index in [1.807, 2.05) is 19.1 Å². The lowest BCUT2D eigenvalue weighted by Gasteiger charge is -2.41. The highest BCUT2D eigenvalue weighted by Gasteiger charge is 2.53. The number of allylic oxidation sites excluding steroid dienone is 4. The zero-order chi connectivity index (χ0) is 20.9. The number of piperidine rings is 1. The van der Waals surface area contributed by atoms with Gasteiger partial charge in [-0.05, 0) is 32.3 Å². The number of fused-ring (bicyclic) bond motifs is 3. The van der Waals surface area contributed by atoms with Crippen LogP contribution in [0, 0.1) is 11.3 Å². The van der Waals surface area contributed by atoms with Crippen molar-refractivity contribution >= 4 is 28.8 Å². The fraction of sp³-hybridized carbons (Fsp3) is 0.476. The molecular weight excluding hydrogens is 382 g/mol. The predicted molar refractivity (Wildman–Crippen MR) is 112 cm³/mol. The molecule has 1 unspecified atom stereocenters. The van der Waals surface area contributed by atoms with Crippen LogP contribution >= 0.6 is 0 Å². The summed E-state index contributed by atoms with van der Waals surface area (Å²) < 4.78 is 1.70. The Morgan fingerprint density at radius 1 is 1.33 bits per heavy atom. The van der Waals surface area contributed by atoms with Crippen molar-refractivity contribution in [2.24, 2.45) is 18.4 Å². The fourth-order valence-corrected chi connectivity index (χ4v) is 5.05. The minimum absolute atomic E-state index is 0.145. The Morgan fingerprint density at radius 2 is 2.13 bits per heavy atom. The van der Waals surface area contributed by atoms with Gasteiger partial charge >= 0.3 is 0 Å². The van der Waals surface area contributed by atoms with Gasteiger partial charge in [0, 0.05) is 38.3 Å². The summed E-state index contributed by atoms with van der Waals surface area (Å²) in [6, 6.07) is 0. The molecule has 1 atom stereocenters. The third kappa shape index (κ3) is 2.64. The van der Waals surface area contributed by atoms with Crippen LogP contribution in [0.2, 0.25) is 0 Å². The van der Waals surface area contributed by atoms with Crippen molar-refractivity contribution < 1.29 is 9.59 Å². The summed E-state index contributed by atoms with van der Waals surface area (Å²) in [7, 11) is 1.79. The lowest BCUT2D eigenvalue weighted by molar-refractivity contribution is -0.130. The first-order chi connectivity index (χ1) is 14.5. The number of carbonyl (C=O) groups is 2. The van der Waals surface area contributed by atoms with Gasteiger partial charge in [-0.15, -0.1) is 0 Å². The van der Waals surface area contributed by atoms with Crippen molar-refractivity contribution in [3.63, 3.8) is 0 Å². The van der Waals surface area contributed by atoms with Crippen LogP contribution in [0.4, 0.5) is 5.82 Å². The highest BCUT2D eigenvalue weighted by Crippen LogP contribution is 2.49. The SMILES string of the molecule is CCNC(=O)c1nc2c(N3CCC4(CC3)C(=O)NC3=CC=CCC34)ncnc2n1C. The first-order valence-corrected chi connectivity index (χ1v) is 10.4. The summed E-state index contributed by atoms with van der Waals surface area (Å²) in [6.45, 7) is 3.82. The van der Waals surface area contributed by atoms with Crippen molar-refractivity contribution in [3.8, 4) is 0 Å². The Balaban J connectivity index is 1.44. The largest absolute Gasteiger partial charge is 0.355 e. The first kappa shape index (κ1) is 18.8. The van der Waals surface area contributed by atoms with E-state index < -0.39 is 0 Å². The molecule has 9 heteroatoms. The van der Waals surface area contributed by atoms with Gasteiger partial charge in [0.05, 0.1) is 5.41 Å². The summed E-state index contributed by atoms with van der Waals surface area (Å²) in [5, 5.41) is 5.89. The molecule has 156 valence electrons. The molecule has 3 aliphatic rings. The molecule has 2 N–H and O–H groups in total. The maximum Gasteiger partial charge on any atom is 0.287 e. The van der Waals surface area contributed by atoms with Gasteiger partial charge in [0.1, 0.15) is 6.33 Å². The van der Waals surface area contributed by atoms with E-state index in [1.54, 1.807) is 11.6 Å². The van der Waals surface area contributed by atoms with Crippen molar-refractivity contribution in [1.29, 1.82) is 0 Å². The van der Waals surface area contributed by atoms with Gasteiger partial charge in [-0.25, -0.2) is 15.0 Å². The van der Waals surface area contributed by atoms with Gasteiger partial charge in [0.15, 0.2) is 17.0 Å². The maximum atomic E-state index is 12.9. The molecule has 2 fully saturated rings. The van der Waals surface area contributed by atoms with Crippen molar-refractivity contribution in [3.05, 3.63) is 36.1 Å². The molecule has 2 aromatic heterocycles. The predicted octanol–water partition coefficient (Wildman–Crippen LogP) is 1.29. The van der Waals surface area contributed by atoms with Crippen LogP contribution < -0.4 is 15.5 Å². The highest BCUT2D eigenvalue weighted by atomic mass is 16.2. The quantitative estimate of drug-likeness (QED) is 0.794. The van der Waals surface area contributed by atoms with E-state index in [-0.39, 0.29) is 23.1 Å². The summed E-state index contributed by atoms with van der Waals surface area (Å²) in [4.78, 5) is 40.8. The maximum absolute atomic E-state index is 12.9. The van der Waals surface area contributed by atoms with Gasteiger partial charge in [-0.2, -0.15) is 0 Å². The normalized spacial score (nSPS) is 22.2. The van der Waals surface area contributed by atoms with E-state index in [4.69, 9.17) is 0 Å². The number of aromatic nitrogens is 4. The number of hydrogen-bond acceptors (Lipinski definition) is 6. The number of hydrogen-bond donors (Lipinski definition) is 2. The van der Waals surface area contributed by atoms with Gasteiger partial charge < -0.3 is 20.1 Å². The number of anilines is 1. The van der Waals surface area contributed by atoms with Crippen LogP contribution in [0.25, 0.3) is 11.2 Å². The second-order valence-electron chi connectivity index (χ2n) is 8.16. The number of nitrogens with one attached hydrogen (secondary N) is 2. The summed E-state index contributed by atoms with van der Waals surface area (Å²) in [5.41, 5.74) is 1.95. The molecular formula is C21H25N7O2. The van der Waals surface area contributed by atoms with E-state index in [1.165, 1.54) is 6.33 Å². The summed E-state index contributed by atoms with van der Waals surface area (Å²) in [6.07, 6.45) is 10.1. The summed E-state index contributed by atoms with van der Waals surface area (Å²) in [5.74, 6) is 1.20. The molecule has 2 aromatic rings. The number of imidazole rings is 1. The molecule has 0 saturated carbocycles. The number of amides is 2. The monoisotopic (exact) mass is 407 g/mol. The minimum Gasteiger partial charge on any atom is -0.355 e. The topological polar surface area (TPSA) is 105 Å². The Labute approximate surface area is 174 Å². The van der Waals surface area contributed by atoms with Crippen LogP contribution in [-0.2, 0) is 11.8 Å². The smallest absolute Gasteiger partial charge is 0.287 e. The van der Waals surface area contributed by atoms with Crippen LogP contribution in [0.3, 0.4) is 0 Å². The minimum atomic E-state index is -0.352. The van der Waals surface area contributed by atoms with E-state index >= 15 is 0 Å². The van der Waals surface area contributed by atoms with Crippen molar-refractivity contribution in [2.75, 3.05) is 24.5 Å². The molecule has 9 nitrogen and oxygen atoms in total. The van der Waals surface area contributed by atoms with Gasteiger partial charge in [-0.3, -0.25) is 9.59 Å². The van der Waals surface area contributed by atoms with E-state index in [2.05, 4.69) is 36.6 Å². The molecule has 0 aromatic carbocycles. The van der Waals surface area contributed by atoms with Gasteiger partial charge in [0.2, 0.25) is 11.7 Å². The third-order valence-corrected chi connectivity index (χ3v) is 6.67. The van der Waals surface area contributed by atoms with Crippen LogP contribution in [0.5, 0.6) is 0 Å². The molecule has 5 rings (SSSR count). The lowest BCUT2D eigenvalue weighted by Crippen LogP contribution is -2.47. The van der Waals surface area contributed by atoms with Crippen LogP contribution in [0.15, 0.2) is 30.3 Å². The lowest BCUT2D eigenvalue weighted by atomic mass is 9.67. The number of aryl methyl sites for hydroxylation is 1. The number of rotatable bonds is 3. The second kappa shape index (κ2) is 6.93. The van der Waals surface area contributed by atoms with Crippen molar-refractivity contribution in [2.45, 2.75) is 26.2 Å². The van der Waals surface area contributed by atoms with E-state index in [9.17, 15) is 9.59 Å². The number of nitrogens with zero attached hydrogens (tertiary/aromatic N) is 5. The van der Waals surface area contributed by atoms with E-state index in [0.29, 0.717) is 36.6 Å². The molecule has 30 heavy (non-hydrogen) atoms. The van der Waals surface area contributed by atoms with Crippen LogP contribution in [0.1, 0.15) is 36.8 Å². The zero-order valence-electron chi connectivity index (χ0n) is 17.2. The average Bonchev–Trinajstić information content (AvgIpc) is 3.24.